The zero-order valence-electron chi connectivity index (χ0n) is 18.3. The summed E-state index contributed by atoms with van der Waals surface area (Å²) in [6, 6.07) is 3.00. The van der Waals surface area contributed by atoms with E-state index in [0.29, 0.717) is 37.5 Å². The van der Waals surface area contributed by atoms with E-state index < -0.39 is 23.4 Å². The van der Waals surface area contributed by atoms with Crippen LogP contribution in [0.4, 0.5) is 13.2 Å². The Hall–Kier alpha value is -3.45. The highest BCUT2D eigenvalue weighted by atomic mass is 19.4. The Morgan fingerprint density at radius 2 is 2.21 bits per heavy atom. The number of nitrogens with zero attached hydrogens (tertiary/aromatic N) is 4. The first-order valence-electron chi connectivity index (χ1n) is 10.5. The van der Waals surface area contributed by atoms with Gasteiger partial charge >= 0.3 is 6.18 Å². The van der Waals surface area contributed by atoms with Crippen molar-refractivity contribution in [2.24, 2.45) is 15.9 Å². The Kier molecular flexibility index (Phi) is 6.84. The first-order chi connectivity index (χ1) is 16.3. The predicted molar refractivity (Wildman–Crippen MR) is 118 cm³/mol. The lowest BCUT2D eigenvalue weighted by Crippen LogP contribution is -2.32. The number of carbonyl (C=O) groups is 1. The molecule has 0 radical (unpaired) electrons. The molecule has 1 amide bonds. The van der Waals surface area contributed by atoms with Crippen LogP contribution in [0.5, 0.6) is 0 Å². The van der Waals surface area contributed by atoms with Crippen LogP contribution in [0.25, 0.3) is 21.9 Å². The number of amides is 1. The quantitative estimate of drug-likeness (QED) is 0.231. The molecule has 0 aliphatic carbocycles. The number of benzene rings is 1. The largest absolute Gasteiger partial charge is 0.450 e. The number of hydrogen-bond donors (Lipinski definition) is 2. The van der Waals surface area contributed by atoms with Gasteiger partial charge in [0.15, 0.2) is 0 Å². The summed E-state index contributed by atoms with van der Waals surface area (Å²) in [5.74, 6) is 3.26. The number of halogens is 3. The Morgan fingerprint density at radius 3 is 2.91 bits per heavy atom. The van der Waals surface area contributed by atoms with Crippen molar-refractivity contribution in [3.05, 3.63) is 29.7 Å². The van der Waals surface area contributed by atoms with Crippen molar-refractivity contribution in [3.63, 3.8) is 0 Å². The molecule has 182 valence electrons. The van der Waals surface area contributed by atoms with Crippen LogP contribution in [0.1, 0.15) is 23.0 Å². The summed E-state index contributed by atoms with van der Waals surface area (Å²) in [7, 11) is 0. The molecule has 3 aromatic rings. The normalized spacial score (nSPS) is 17.8. The minimum absolute atomic E-state index is 0.00494. The molecule has 2 aromatic heterocycles. The van der Waals surface area contributed by atoms with Crippen LogP contribution in [0.2, 0.25) is 0 Å². The van der Waals surface area contributed by atoms with E-state index in [1.807, 2.05) is 0 Å². The predicted octanol–water partition coefficient (Wildman–Crippen LogP) is 2.35. The SMILES string of the molecule is C/C(C=NCCNC(=O)c1oc2ccc3cn(CC4COCCO4)nc3c2c1C(F)(F)F)=N/N. The lowest BCUT2D eigenvalue weighted by molar-refractivity contribution is -0.137. The van der Waals surface area contributed by atoms with Crippen molar-refractivity contribution in [2.45, 2.75) is 25.7 Å². The minimum Gasteiger partial charge on any atom is -0.450 e. The number of carbonyl (C=O) groups excluding carboxylic acids is 1. The molecular weight excluding hydrogens is 457 g/mol. The number of nitrogens with two attached hydrogens (primary N) is 1. The number of alkyl halides is 3. The highest BCUT2D eigenvalue weighted by molar-refractivity contribution is 6.29. The second-order valence-corrected chi connectivity index (χ2v) is 7.66. The van der Waals surface area contributed by atoms with Gasteiger partial charge in [-0.3, -0.25) is 14.5 Å². The first-order valence-corrected chi connectivity index (χ1v) is 10.5. The van der Waals surface area contributed by atoms with Gasteiger partial charge in [-0.05, 0) is 19.1 Å². The van der Waals surface area contributed by atoms with E-state index in [9.17, 15) is 18.0 Å². The fourth-order valence-corrected chi connectivity index (χ4v) is 3.64. The van der Waals surface area contributed by atoms with Crippen LogP contribution in [0.15, 0.2) is 32.8 Å². The molecule has 0 bridgehead atoms. The zero-order valence-corrected chi connectivity index (χ0v) is 18.3. The van der Waals surface area contributed by atoms with Gasteiger partial charge in [-0.15, -0.1) is 0 Å². The number of hydrazone groups is 1. The van der Waals surface area contributed by atoms with Crippen LogP contribution in [0.3, 0.4) is 0 Å². The topological polar surface area (TPSA) is 129 Å². The van der Waals surface area contributed by atoms with Gasteiger partial charge in [0.1, 0.15) is 22.8 Å². The van der Waals surface area contributed by atoms with Crippen molar-refractivity contribution < 1.29 is 31.9 Å². The molecule has 1 aromatic carbocycles. The molecule has 1 aliphatic heterocycles. The summed E-state index contributed by atoms with van der Waals surface area (Å²) in [5, 5.41) is 10.4. The second-order valence-electron chi connectivity index (χ2n) is 7.66. The van der Waals surface area contributed by atoms with Gasteiger partial charge in [-0.1, -0.05) is 0 Å². The molecule has 10 nitrogen and oxygen atoms in total. The average Bonchev–Trinajstić information content (AvgIpc) is 3.40. The summed E-state index contributed by atoms with van der Waals surface area (Å²) in [6.45, 7) is 3.39. The van der Waals surface area contributed by atoms with Gasteiger partial charge in [0, 0.05) is 24.3 Å². The van der Waals surface area contributed by atoms with E-state index in [1.165, 1.54) is 17.0 Å². The lowest BCUT2D eigenvalue weighted by atomic mass is 10.1. The van der Waals surface area contributed by atoms with Crippen molar-refractivity contribution in [3.8, 4) is 0 Å². The van der Waals surface area contributed by atoms with Gasteiger partial charge in [0.25, 0.3) is 5.91 Å². The van der Waals surface area contributed by atoms with Crippen LogP contribution in [-0.4, -0.2) is 66.6 Å². The molecule has 3 heterocycles. The van der Waals surface area contributed by atoms with E-state index >= 15 is 0 Å². The number of hydrogen-bond acceptors (Lipinski definition) is 8. The highest BCUT2D eigenvalue weighted by Gasteiger charge is 2.41. The Morgan fingerprint density at radius 1 is 1.38 bits per heavy atom. The number of fused-ring (bicyclic) bond motifs is 3. The minimum atomic E-state index is -4.84. The van der Waals surface area contributed by atoms with E-state index in [1.54, 1.807) is 19.2 Å². The average molecular weight is 480 g/mol. The molecule has 4 rings (SSSR count). The fourth-order valence-electron chi connectivity index (χ4n) is 3.64. The van der Waals surface area contributed by atoms with Gasteiger partial charge in [0.05, 0.1) is 44.0 Å². The molecule has 1 atom stereocenters. The third-order valence-corrected chi connectivity index (χ3v) is 5.15. The van der Waals surface area contributed by atoms with Crippen molar-refractivity contribution in [1.29, 1.82) is 0 Å². The Labute approximate surface area is 191 Å². The molecule has 1 aliphatic rings. The van der Waals surface area contributed by atoms with Gasteiger partial charge in [0.2, 0.25) is 5.76 Å². The van der Waals surface area contributed by atoms with E-state index in [0.717, 1.165) is 0 Å². The molecule has 1 saturated heterocycles. The Bertz CT molecular complexity index is 1240. The number of aromatic nitrogens is 2. The summed E-state index contributed by atoms with van der Waals surface area (Å²) >= 11 is 0. The fraction of sp³-hybridized carbons (Fsp3) is 0.429. The van der Waals surface area contributed by atoms with Crippen LogP contribution >= 0.6 is 0 Å². The molecule has 1 fully saturated rings. The second kappa shape index (κ2) is 9.81. The summed E-state index contributed by atoms with van der Waals surface area (Å²) in [4.78, 5) is 16.6. The number of aliphatic imine (C=N–C) groups is 1. The standard InChI is InChI=1S/C21H23F3N6O4/c1-12(28-25)8-26-4-5-27-20(31)19-17(21(22,23)24)16-15(34-19)3-2-13-9-30(29-18(13)16)10-14-11-32-6-7-33-14/h2-3,8-9,14H,4-7,10-11,25H2,1H3,(H,27,31)/b26-8?,28-12-. The van der Waals surface area contributed by atoms with Crippen LogP contribution in [0, 0.1) is 0 Å². The van der Waals surface area contributed by atoms with Crippen LogP contribution in [-0.2, 0) is 22.2 Å². The summed E-state index contributed by atoms with van der Waals surface area (Å²) in [6.07, 6.45) is -2.08. The van der Waals surface area contributed by atoms with Crippen molar-refractivity contribution in [2.75, 3.05) is 32.9 Å². The van der Waals surface area contributed by atoms with Crippen molar-refractivity contribution in [1.82, 2.24) is 15.1 Å². The molecule has 0 spiro atoms. The van der Waals surface area contributed by atoms with Crippen molar-refractivity contribution >= 4 is 39.7 Å². The number of nitrogens with one attached hydrogen (secondary N) is 1. The number of ether oxygens (including phenoxy) is 2. The van der Waals surface area contributed by atoms with E-state index in [4.69, 9.17) is 19.7 Å². The van der Waals surface area contributed by atoms with Gasteiger partial charge in [-0.25, -0.2) is 0 Å². The maximum Gasteiger partial charge on any atom is 0.421 e. The summed E-state index contributed by atoms with van der Waals surface area (Å²) < 4.78 is 60.1. The monoisotopic (exact) mass is 480 g/mol. The maximum absolute atomic E-state index is 14.1. The van der Waals surface area contributed by atoms with E-state index in [2.05, 4.69) is 20.5 Å². The van der Waals surface area contributed by atoms with Crippen LogP contribution < -0.4 is 11.2 Å². The molecule has 3 N–H and O–H groups in total. The summed E-state index contributed by atoms with van der Waals surface area (Å²) in [5.41, 5.74) is -0.692. The highest BCUT2D eigenvalue weighted by Crippen LogP contribution is 2.42. The van der Waals surface area contributed by atoms with Gasteiger partial charge < -0.3 is 25.1 Å². The number of rotatable bonds is 7. The third-order valence-electron chi connectivity index (χ3n) is 5.15. The molecule has 1 unspecified atom stereocenters. The third kappa shape index (κ3) is 5.04. The first kappa shape index (κ1) is 23.7. The van der Waals surface area contributed by atoms with Gasteiger partial charge in [-0.2, -0.15) is 23.4 Å². The lowest BCUT2D eigenvalue weighted by Gasteiger charge is -2.22. The maximum atomic E-state index is 14.1. The zero-order chi connectivity index (χ0) is 24.3. The van der Waals surface area contributed by atoms with E-state index in [-0.39, 0.29) is 35.7 Å². The Balaban J connectivity index is 1.64. The molecule has 34 heavy (non-hydrogen) atoms. The molecule has 13 heteroatoms. The smallest absolute Gasteiger partial charge is 0.421 e. The molecular formula is C21H23F3N6O4. The molecule has 0 saturated carbocycles. The number of furan rings is 1.